The maximum Gasteiger partial charge on any atom is 5.00 e. The molecule has 0 aromatic carbocycles. The third-order valence-corrected chi connectivity index (χ3v) is 1.80. The Labute approximate surface area is 140 Å². The number of hydrogen-bond acceptors (Lipinski definition) is 11. The van der Waals surface area contributed by atoms with Crippen molar-refractivity contribution in [3.63, 3.8) is 0 Å². The summed E-state index contributed by atoms with van der Waals surface area (Å²) in [5.41, 5.74) is 0. The van der Waals surface area contributed by atoms with E-state index in [9.17, 15) is 28.7 Å². The summed E-state index contributed by atoms with van der Waals surface area (Å²) in [6.45, 7) is 0. The molecule has 0 heterocycles. The van der Waals surface area contributed by atoms with E-state index >= 15 is 0 Å². The first-order valence-corrected chi connectivity index (χ1v) is 6.57. The molecule has 1 radical (unpaired) electrons. The van der Waals surface area contributed by atoms with Crippen LogP contribution in [0.5, 0.6) is 0 Å². The Morgan fingerprint density at radius 2 is 0.824 bits per heavy atom. The van der Waals surface area contributed by atoms with Gasteiger partial charge in [0.05, 0.1) is 15.6 Å². The van der Waals surface area contributed by atoms with Gasteiger partial charge in [-0.15, -0.1) is 0 Å². The maximum atomic E-state index is 9.32. The molecule has 0 saturated heterocycles. The van der Waals surface area contributed by atoms with E-state index in [-0.39, 0.29) is 65.2 Å². The summed E-state index contributed by atoms with van der Waals surface area (Å²) in [5.74, 6) is 0. The van der Waals surface area contributed by atoms with Crippen molar-refractivity contribution >= 4 is 23.5 Å². The molecule has 0 aliphatic carbocycles. The van der Waals surface area contributed by atoms with E-state index < -0.39 is 23.5 Å². The smallest absolute Gasteiger partial charge is 0.822 e. The van der Waals surface area contributed by atoms with Crippen LogP contribution < -0.4 is 63.8 Å². The van der Waals surface area contributed by atoms with E-state index in [2.05, 4.69) is 4.31 Å². The normalized spacial score (nSPS) is 10.8. The van der Waals surface area contributed by atoms with Gasteiger partial charge in [0.2, 0.25) is 0 Å². The minimum absolute atomic E-state index is 0. The van der Waals surface area contributed by atoms with Gasteiger partial charge >= 0.3 is 65.2 Å². The quantitative estimate of drug-likeness (QED) is 0.313. The fraction of sp³-hybridized carbons (Fsp3) is 0. The van der Waals surface area contributed by atoms with Crippen molar-refractivity contribution in [2.45, 2.75) is 0 Å². The molecule has 0 bridgehead atoms. The Hall–Kier alpha value is 2.47. The second-order valence-corrected chi connectivity index (χ2v) is 4.76. The fourth-order valence-corrected chi connectivity index (χ4v) is 1.10. The monoisotopic (exact) mass is 399 g/mol. The summed E-state index contributed by atoms with van der Waals surface area (Å²) in [6.07, 6.45) is 0. The average Bonchev–Trinajstić information content (AvgIpc) is 1.42. The van der Waals surface area contributed by atoms with Gasteiger partial charge in [-0.3, -0.25) is 0 Å². The van der Waals surface area contributed by atoms with E-state index in [0.29, 0.717) is 0 Å². The Kier molecular flexibility index (Phi) is 22.8. The van der Waals surface area contributed by atoms with Crippen LogP contribution in [0.15, 0.2) is 0 Å². The summed E-state index contributed by atoms with van der Waals surface area (Å²) < 4.78 is 29.7. The predicted molar refractivity (Wildman–Crippen MR) is 23.9 cm³/mol. The minimum atomic E-state index is -5.68. The van der Waals surface area contributed by atoms with Crippen molar-refractivity contribution in [3.8, 4) is 0 Å². The summed E-state index contributed by atoms with van der Waals surface area (Å²) in [7, 11) is -16.7. The van der Waals surface area contributed by atoms with E-state index in [4.69, 9.17) is 19.2 Å². The molecular weight excluding hydrogens is 399 g/mol. The van der Waals surface area contributed by atoms with Crippen LogP contribution in [0, 0.1) is 0 Å². The largest absolute Gasteiger partial charge is 5.00 e. The van der Waals surface area contributed by atoms with Crippen molar-refractivity contribution in [2.75, 3.05) is 0 Å². The van der Waals surface area contributed by atoms with Gasteiger partial charge in [0, 0.05) is 0 Å². The van der Waals surface area contributed by atoms with Gasteiger partial charge in [-0.05, 0) is 0 Å². The Balaban J connectivity index is -0.0000000533. The molecule has 0 aliphatic rings. The third-order valence-electron chi connectivity index (χ3n) is 0.200. The van der Waals surface area contributed by atoms with E-state index in [1.165, 1.54) is 0 Å². The summed E-state index contributed by atoms with van der Waals surface area (Å²) in [5, 5.41) is 0. The first-order valence-electron chi connectivity index (χ1n) is 2.19. The molecule has 0 atom stereocenters. The van der Waals surface area contributed by atoms with Crippen LogP contribution in [0.25, 0.3) is 0 Å². The fourth-order valence-electron chi connectivity index (χ4n) is 0.122. The second kappa shape index (κ2) is 12.2. The summed E-state index contributed by atoms with van der Waals surface area (Å²) in [6, 6.07) is 0. The molecule has 0 N–H and O–H groups in total. The van der Waals surface area contributed by atoms with E-state index in [0.717, 1.165) is 0 Å². The molecule has 17 heteroatoms. The standard InChI is InChI=1S/Fe.Na.H4O7P2.H3O4P.V/c;;1-8(2,3)7-9(4,5)6;1-5(2,3)4;/h;;(H2,1,2,3)(H2,4,5,6);(H3,1,2,3,4);/q+3;+1;;;+5/p-7. The average molecular weight is 399 g/mol. The van der Waals surface area contributed by atoms with Crippen LogP contribution >= 0.6 is 23.5 Å². The molecular formula is FeNaO11P3V+2. The second-order valence-electron chi connectivity index (χ2n) is 1.42. The van der Waals surface area contributed by atoms with Crippen LogP contribution in [0.3, 0.4) is 0 Å². The molecule has 11 nitrogen and oxygen atoms in total. The topological polar surface area (TPSA) is 222 Å². The zero-order valence-electron chi connectivity index (χ0n) is 7.63. The molecule has 93 valence electrons. The number of phosphoric acid groups is 3. The van der Waals surface area contributed by atoms with Crippen LogP contribution in [0.2, 0.25) is 0 Å². The van der Waals surface area contributed by atoms with Crippen LogP contribution in [0.4, 0.5) is 0 Å². The SMILES string of the molecule is O=P([O-])([O-])OP(=O)([O-])[O-].O=P([O-])([O-])[O-].[Fe+3].[Na+].[V+5]. The van der Waals surface area contributed by atoms with Crippen LogP contribution in [0.1, 0.15) is 0 Å². The van der Waals surface area contributed by atoms with Crippen LogP contribution in [-0.4, -0.2) is 0 Å². The Bertz CT molecular complexity index is 270. The molecule has 0 fully saturated rings. The molecule has 0 aliphatic heterocycles. The van der Waals surface area contributed by atoms with Crippen molar-refractivity contribution in [3.05, 3.63) is 0 Å². The molecule has 0 aromatic rings. The van der Waals surface area contributed by atoms with Crippen molar-refractivity contribution in [1.29, 1.82) is 0 Å². The van der Waals surface area contributed by atoms with Gasteiger partial charge in [-0.2, -0.15) is 7.82 Å². The third kappa shape index (κ3) is 69.8. The molecule has 0 rings (SSSR count). The predicted octanol–water partition coefficient (Wildman–Crippen LogP) is -9.17. The van der Waals surface area contributed by atoms with Crippen molar-refractivity contribution in [1.82, 2.24) is 0 Å². The van der Waals surface area contributed by atoms with Gasteiger partial charge < -0.3 is 52.3 Å². The maximum absolute atomic E-state index is 9.32. The van der Waals surface area contributed by atoms with Gasteiger partial charge in [-0.25, -0.2) is 0 Å². The van der Waals surface area contributed by atoms with Gasteiger partial charge in [-0.1, -0.05) is 0 Å². The van der Waals surface area contributed by atoms with E-state index in [1.54, 1.807) is 0 Å². The summed E-state index contributed by atoms with van der Waals surface area (Å²) in [4.78, 5) is 62.9. The molecule has 0 unspecified atom stereocenters. The summed E-state index contributed by atoms with van der Waals surface area (Å²) >= 11 is 0. The van der Waals surface area contributed by atoms with Gasteiger partial charge in [0.15, 0.2) is 0 Å². The number of hydrogen-bond donors (Lipinski definition) is 0. The Morgan fingerprint density at radius 1 is 0.706 bits per heavy atom. The first kappa shape index (κ1) is 31.7. The zero-order valence-corrected chi connectivity index (χ0v) is 14.8. The van der Waals surface area contributed by atoms with Crippen molar-refractivity contribution < 1.29 is 117 Å². The molecule has 0 spiro atoms. The Morgan fingerprint density at radius 3 is 0.824 bits per heavy atom. The van der Waals surface area contributed by atoms with E-state index in [1.807, 2.05) is 0 Å². The molecule has 0 aromatic heterocycles. The molecule has 0 amide bonds. The number of rotatable bonds is 2. The van der Waals surface area contributed by atoms with Crippen molar-refractivity contribution in [2.24, 2.45) is 0 Å². The van der Waals surface area contributed by atoms with Crippen LogP contribution in [-0.2, 0) is 53.6 Å². The van der Waals surface area contributed by atoms with Gasteiger partial charge in [0.25, 0.3) is 0 Å². The minimum Gasteiger partial charge on any atom is -0.822 e. The zero-order chi connectivity index (χ0) is 12.2. The molecule has 0 saturated carbocycles. The molecule has 17 heavy (non-hydrogen) atoms. The first-order chi connectivity index (χ1) is 5.71. The van der Waals surface area contributed by atoms with Gasteiger partial charge in [0.1, 0.15) is 0 Å².